The van der Waals surface area contributed by atoms with Crippen LogP contribution in [0.3, 0.4) is 0 Å². The summed E-state index contributed by atoms with van der Waals surface area (Å²) in [5.74, 6) is -0.733. The first-order valence-corrected chi connectivity index (χ1v) is 9.99. The predicted molar refractivity (Wildman–Crippen MR) is 106 cm³/mol. The number of nitrogens with zero attached hydrogens (tertiary/aromatic N) is 2. The molecule has 4 rings (SSSR count). The minimum absolute atomic E-state index is 0.0210. The highest BCUT2D eigenvalue weighted by molar-refractivity contribution is 5.79. The Labute approximate surface area is 169 Å². The van der Waals surface area contributed by atoms with Crippen molar-refractivity contribution in [3.8, 4) is 6.07 Å². The largest absolute Gasteiger partial charge is 0.369 e. The van der Waals surface area contributed by atoms with Crippen molar-refractivity contribution in [2.45, 2.75) is 31.1 Å². The highest BCUT2D eigenvalue weighted by Crippen LogP contribution is 2.47. The van der Waals surface area contributed by atoms with E-state index >= 15 is 0 Å². The normalized spacial score (nSPS) is 18.2. The molecule has 29 heavy (non-hydrogen) atoms. The molecule has 1 amide bonds. The summed E-state index contributed by atoms with van der Waals surface area (Å²) in [5, 5.41) is 11.9. The predicted octanol–water partition coefficient (Wildman–Crippen LogP) is 3.90. The quantitative estimate of drug-likeness (QED) is 0.835. The molecule has 1 aliphatic carbocycles. The summed E-state index contributed by atoms with van der Waals surface area (Å²) in [4.78, 5) is 14.6. The van der Waals surface area contributed by atoms with Gasteiger partial charge in [0, 0.05) is 31.0 Å². The average molecular weight is 395 g/mol. The van der Waals surface area contributed by atoms with E-state index in [4.69, 9.17) is 5.26 Å². The van der Waals surface area contributed by atoms with E-state index in [1.54, 1.807) is 24.3 Å². The van der Waals surface area contributed by atoms with Gasteiger partial charge in [-0.15, -0.1) is 0 Å². The zero-order valence-corrected chi connectivity index (χ0v) is 16.1. The second-order valence-corrected chi connectivity index (χ2v) is 8.05. The fourth-order valence-corrected chi connectivity index (χ4v) is 4.15. The van der Waals surface area contributed by atoms with E-state index in [1.165, 1.54) is 12.1 Å². The summed E-state index contributed by atoms with van der Waals surface area (Å²) in [7, 11) is 0. The number of amides is 1. The summed E-state index contributed by atoms with van der Waals surface area (Å²) in [6.45, 7) is 1.71. The van der Waals surface area contributed by atoms with Gasteiger partial charge in [-0.1, -0.05) is 12.1 Å². The van der Waals surface area contributed by atoms with Crippen molar-refractivity contribution in [2.75, 3.05) is 24.5 Å². The van der Waals surface area contributed by atoms with Crippen molar-refractivity contribution < 1.29 is 13.6 Å². The maximum atomic E-state index is 14.2. The van der Waals surface area contributed by atoms with Crippen molar-refractivity contribution in [1.82, 2.24) is 5.32 Å². The first-order valence-electron chi connectivity index (χ1n) is 9.99. The molecule has 0 spiro atoms. The summed E-state index contributed by atoms with van der Waals surface area (Å²) in [5.41, 5.74) is 1.59. The van der Waals surface area contributed by atoms with E-state index in [0.717, 1.165) is 18.4 Å². The van der Waals surface area contributed by atoms with E-state index in [1.807, 2.05) is 17.0 Å². The lowest BCUT2D eigenvalue weighted by molar-refractivity contribution is -0.125. The third-order valence-corrected chi connectivity index (χ3v) is 6.17. The van der Waals surface area contributed by atoms with Gasteiger partial charge >= 0.3 is 0 Å². The van der Waals surface area contributed by atoms with Gasteiger partial charge in [0.1, 0.15) is 11.6 Å². The average Bonchev–Trinajstić information content (AvgIpc) is 3.53. The van der Waals surface area contributed by atoms with Crippen molar-refractivity contribution in [3.63, 3.8) is 0 Å². The number of nitriles is 1. The van der Waals surface area contributed by atoms with Crippen LogP contribution in [0.25, 0.3) is 0 Å². The Morgan fingerprint density at radius 3 is 2.55 bits per heavy atom. The standard InChI is InChI=1S/C23H23F2N3O/c24-19-3-1-2-18(13-19)23(8-9-23)15-27-22(29)17-6-10-28(11-7-17)21-5-4-16(14-26)12-20(21)25/h1-5,12-13,17H,6-11,15H2,(H,27,29). The Morgan fingerprint density at radius 2 is 1.93 bits per heavy atom. The van der Waals surface area contributed by atoms with Gasteiger partial charge in [0.2, 0.25) is 5.91 Å². The molecule has 150 valence electrons. The van der Waals surface area contributed by atoms with E-state index in [0.29, 0.717) is 43.7 Å². The molecule has 0 unspecified atom stereocenters. The van der Waals surface area contributed by atoms with Gasteiger partial charge in [0.15, 0.2) is 0 Å². The van der Waals surface area contributed by atoms with E-state index in [2.05, 4.69) is 5.32 Å². The number of hydrogen-bond donors (Lipinski definition) is 1. The highest BCUT2D eigenvalue weighted by Gasteiger charge is 2.44. The number of hydrogen-bond acceptors (Lipinski definition) is 3. The van der Waals surface area contributed by atoms with Crippen molar-refractivity contribution >= 4 is 11.6 Å². The lowest BCUT2D eigenvalue weighted by Gasteiger charge is -2.33. The lowest BCUT2D eigenvalue weighted by Crippen LogP contribution is -2.42. The molecule has 0 aromatic heterocycles. The van der Waals surface area contributed by atoms with Crippen LogP contribution in [0, 0.1) is 28.9 Å². The number of carbonyl (C=O) groups excluding carboxylic acids is 1. The van der Waals surface area contributed by atoms with Gasteiger partial charge in [-0.2, -0.15) is 5.26 Å². The van der Waals surface area contributed by atoms with Crippen LogP contribution >= 0.6 is 0 Å². The molecule has 2 fully saturated rings. The molecular formula is C23H23F2N3O. The Hall–Kier alpha value is -2.94. The zero-order valence-electron chi connectivity index (χ0n) is 16.1. The summed E-state index contributed by atoms with van der Waals surface area (Å²) >= 11 is 0. The van der Waals surface area contributed by atoms with Crippen LogP contribution in [0.15, 0.2) is 42.5 Å². The monoisotopic (exact) mass is 395 g/mol. The van der Waals surface area contributed by atoms with Crippen molar-refractivity contribution in [3.05, 3.63) is 65.2 Å². The van der Waals surface area contributed by atoms with E-state index < -0.39 is 5.82 Å². The maximum Gasteiger partial charge on any atom is 0.223 e. The molecule has 1 saturated heterocycles. The molecule has 2 aliphatic rings. The molecule has 2 aromatic rings. The molecule has 1 heterocycles. The molecular weight excluding hydrogens is 372 g/mol. The van der Waals surface area contributed by atoms with Crippen LogP contribution in [-0.2, 0) is 10.2 Å². The van der Waals surface area contributed by atoms with Gasteiger partial charge in [0.05, 0.1) is 17.3 Å². The molecule has 4 nitrogen and oxygen atoms in total. The number of benzene rings is 2. The second kappa shape index (κ2) is 7.82. The minimum Gasteiger partial charge on any atom is -0.369 e. The van der Waals surface area contributed by atoms with Crippen molar-refractivity contribution in [1.29, 1.82) is 5.26 Å². The SMILES string of the molecule is N#Cc1ccc(N2CCC(C(=O)NCC3(c4cccc(F)c4)CC3)CC2)c(F)c1. The maximum absolute atomic E-state index is 14.2. The number of nitrogens with one attached hydrogen (secondary N) is 1. The Balaban J connectivity index is 1.31. The Kier molecular flexibility index (Phi) is 5.23. The van der Waals surface area contributed by atoms with Crippen LogP contribution in [0.2, 0.25) is 0 Å². The molecule has 2 aromatic carbocycles. The minimum atomic E-state index is -0.405. The topological polar surface area (TPSA) is 56.1 Å². The first-order chi connectivity index (χ1) is 14.0. The van der Waals surface area contributed by atoms with Gasteiger partial charge in [0.25, 0.3) is 0 Å². The smallest absolute Gasteiger partial charge is 0.223 e. The fraction of sp³-hybridized carbons (Fsp3) is 0.391. The van der Waals surface area contributed by atoms with Crippen molar-refractivity contribution in [2.24, 2.45) is 5.92 Å². The molecule has 1 saturated carbocycles. The number of rotatable bonds is 5. The zero-order chi connectivity index (χ0) is 20.4. The second-order valence-electron chi connectivity index (χ2n) is 8.05. The van der Waals surface area contributed by atoms with Gasteiger partial charge in [-0.25, -0.2) is 8.78 Å². The highest BCUT2D eigenvalue weighted by atomic mass is 19.1. The van der Waals surface area contributed by atoms with Gasteiger partial charge < -0.3 is 10.2 Å². The van der Waals surface area contributed by atoms with Gasteiger partial charge in [-0.05, 0) is 61.6 Å². The molecule has 0 bridgehead atoms. The number of anilines is 1. The van der Waals surface area contributed by atoms with E-state index in [9.17, 15) is 13.6 Å². The Bertz CT molecular complexity index is 957. The van der Waals surface area contributed by atoms with Crippen LogP contribution < -0.4 is 10.2 Å². The summed E-state index contributed by atoms with van der Waals surface area (Å²) in [6.07, 6.45) is 3.21. The number of halogens is 2. The first kappa shape index (κ1) is 19.4. The van der Waals surface area contributed by atoms with Crippen LogP contribution in [0.5, 0.6) is 0 Å². The van der Waals surface area contributed by atoms with Crippen LogP contribution in [0.4, 0.5) is 14.5 Å². The molecule has 1 N–H and O–H groups in total. The van der Waals surface area contributed by atoms with Gasteiger partial charge in [-0.3, -0.25) is 4.79 Å². The lowest BCUT2D eigenvalue weighted by atomic mass is 9.93. The Morgan fingerprint density at radius 1 is 1.17 bits per heavy atom. The summed E-state index contributed by atoms with van der Waals surface area (Å²) < 4.78 is 27.8. The molecule has 0 atom stereocenters. The van der Waals surface area contributed by atoms with E-state index in [-0.39, 0.29) is 23.1 Å². The molecule has 0 radical (unpaired) electrons. The molecule has 1 aliphatic heterocycles. The number of piperidine rings is 1. The summed E-state index contributed by atoms with van der Waals surface area (Å²) in [6, 6.07) is 13.0. The molecule has 6 heteroatoms. The third kappa shape index (κ3) is 4.09. The fourth-order valence-electron chi connectivity index (χ4n) is 4.15. The van der Waals surface area contributed by atoms with Crippen LogP contribution in [0.1, 0.15) is 36.8 Å². The number of carbonyl (C=O) groups is 1. The van der Waals surface area contributed by atoms with Crippen LogP contribution in [-0.4, -0.2) is 25.5 Å². The third-order valence-electron chi connectivity index (χ3n) is 6.17.